The van der Waals surface area contributed by atoms with Crippen molar-refractivity contribution in [3.05, 3.63) is 86.9 Å². The largest absolute Gasteiger partial charge is 0.493 e. The maximum Gasteiger partial charge on any atom is 0.228 e. The molecule has 0 aromatic heterocycles. The van der Waals surface area contributed by atoms with E-state index >= 15 is 0 Å². The van der Waals surface area contributed by atoms with Crippen molar-refractivity contribution in [2.75, 3.05) is 46.6 Å². The van der Waals surface area contributed by atoms with E-state index in [0.717, 1.165) is 79.7 Å². The second-order valence-electron chi connectivity index (χ2n) is 14.4. The van der Waals surface area contributed by atoms with Crippen LogP contribution in [0.1, 0.15) is 73.1 Å². The third-order valence-electron chi connectivity index (χ3n) is 10.3. The molecule has 3 aliphatic rings. The Balaban J connectivity index is 1.10. The van der Waals surface area contributed by atoms with Crippen molar-refractivity contribution in [3.63, 3.8) is 0 Å². The van der Waals surface area contributed by atoms with E-state index in [9.17, 15) is 10.1 Å². The van der Waals surface area contributed by atoms with Gasteiger partial charge < -0.3 is 29.2 Å². The molecule has 2 aliphatic carbocycles. The number of carbonyl (C=O) groups excluding carboxylic acids is 1. The van der Waals surface area contributed by atoms with Gasteiger partial charge in [0.25, 0.3) is 0 Å². The van der Waals surface area contributed by atoms with Crippen LogP contribution in [0.25, 0.3) is 0 Å². The second kappa shape index (κ2) is 17.4. The summed E-state index contributed by atoms with van der Waals surface area (Å²) in [6.45, 7) is 5.89. The average Bonchev–Trinajstić information content (AvgIpc) is 4.07. The highest BCUT2D eigenvalue weighted by Crippen LogP contribution is 2.49. The molecule has 3 fully saturated rings. The van der Waals surface area contributed by atoms with E-state index in [4.69, 9.17) is 42.1 Å². The second-order valence-corrected chi connectivity index (χ2v) is 15.2. The molecule has 272 valence electrons. The number of rotatable bonds is 18. The number of nitriles is 1. The highest BCUT2D eigenvalue weighted by Gasteiger charge is 2.43. The summed E-state index contributed by atoms with van der Waals surface area (Å²) in [5.74, 6) is 2.18. The first-order chi connectivity index (χ1) is 24.8. The molecule has 0 bridgehead atoms. The van der Waals surface area contributed by atoms with Gasteiger partial charge in [0.2, 0.25) is 5.91 Å². The maximum absolute atomic E-state index is 14.5. The van der Waals surface area contributed by atoms with E-state index in [1.165, 1.54) is 5.56 Å². The van der Waals surface area contributed by atoms with Gasteiger partial charge in [0, 0.05) is 44.7 Å². The van der Waals surface area contributed by atoms with Crippen LogP contribution in [0.3, 0.4) is 0 Å². The highest BCUT2D eigenvalue weighted by molar-refractivity contribution is 6.37. The predicted octanol–water partition coefficient (Wildman–Crippen LogP) is 8.30. The lowest BCUT2D eigenvalue weighted by atomic mass is 9.80. The van der Waals surface area contributed by atoms with Crippen molar-refractivity contribution in [2.45, 2.75) is 76.8 Å². The predicted molar refractivity (Wildman–Crippen MR) is 200 cm³/mol. The standard InChI is InChI=1S/C41H49Cl2N3O5/c1-28-20-37(42)39(38(43)21-28)50-19-18-49-33-9-5-31(6-10-33)35-11-16-45-25-36(35)40(47)46(32-7-8-32)26-30-22-29(4-3-17-48-2)23-34(24-30)51-27-41(12-13-41)14-15-44/h5-6,9-10,20-24,32,35-36,45H,3-4,7-8,11-14,16-19,25-27H2,1-2H3. The molecule has 8 nitrogen and oxygen atoms in total. The number of piperidine rings is 1. The quantitative estimate of drug-likeness (QED) is 0.132. The summed E-state index contributed by atoms with van der Waals surface area (Å²) in [5, 5.41) is 13.7. The third-order valence-corrected chi connectivity index (χ3v) is 10.8. The first-order valence-corrected chi connectivity index (χ1v) is 19.0. The highest BCUT2D eigenvalue weighted by atomic mass is 35.5. The van der Waals surface area contributed by atoms with Crippen LogP contribution in [-0.2, 0) is 22.5 Å². The Kier molecular flexibility index (Phi) is 12.7. The molecule has 1 saturated heterocycles. The smallest absolute Gasteiger partial charge is 0.228 e. The van der Waals surface area contributed by atoms with Crippen molar-refractivity contribution in [1.29, 1.82) is 5.26 Å². The number of carbonyl (C=O) groups is 1. The fourth-order valence-electron chi connectivity index (χ4n) is 7.06. The monoisotopic (exact) mass is 733 g/mol. The van der Waals surface area contributed by atoms with Gasteiger partial charge in [-0.3, -0.25) is 4.79 Å². The Hall–Kier alpha value is -3.48. The number of nitrogens with one attached hydrogen (secondary N) is 1. The van der Waals surface area contributed by atoms with Crippen LogP contribution in [0, 0.1) is 29.6 Å². The number of aryl methyl sites for hydroxylation is 2. The molecule has 1 aliphatic heterocycles. The first kappa shape index (κ1) is 37.3. The number of ether oxygens (including phenoxy) is 4. The van der Waals surface area contributed by atoms with Gasteiger partial charge in [0.05, 0.1) is 28.6 Å². The molecule has 2 unspecified atom stereocenters. The van der Waals surface area contributed by atoms with Crippen LogP contribution in [-0.4, -0.2) is 63.5 Å². The maximum atomic E-state index is 14.5. The summed E-state index contributed by atoms with van der Waals surface area (Å²) in [6.07, 6.45) is 7.32. The number of hydrogen-bond acceptors (Lipinski definition) is 7. The molecule has 0 radical (unpaired) electrons. The lowest BCUT2D eigenvalue weighted by Crippen LogP contribution is -2.47. The van der Waals surface area contributed by atoms with Gasteiger partial charge in [-0.2, -0.15) is 5.26 Å². The number of nitrogens with zero attached hydrogens (tertiary/aromatic N) is 2. The molecule has 0 spiro atoms. The summed E-state index contributed by atoms with van der Waals surface area (Å²) >= 11 is 12.6. The zero-order valence-corrected chi connectivity index (χ0v) is 31.2. The van der Waals surface area contributed by atoms with E-state index in [1.807, 2.05) is 31.2 Å². The zero-order valence-electron chi connectivity index (χ0n) is 29.7. The van der Waals surface area contributed by atoms with Gasteiger partial charge in [0.1, 0.15) is 24.7 Å². The summed E-state index contributed by atoms with van der Waals surface area (Å²) in [5.41, 5.74) is 4.38. The van der Waals surface area contributed by atoms with E-state index in [2.05, 4.69) is 46.6 Å². The summed E-state index contributed by atoms with van der Waals surface area (Å²) in [7, 11) is 1.72. The molecule has 10 heteroatoms. The Morgan fingerprint density at radius 3 is 2.35 bits per heavy atom. The zero-order chi connectivity index (χ0) is 35.8. The van der Waals surface area contributed by atoms with Gasteiger partial charge >= 0.3 is 0 Å². The van der Waals surface area contributed by atoms with Crippen LogP contribution >= 0.6 is 23.2 Å². The van der Waals surface area contributed by atoms with Crippen molar-refractivity contribution < 1.29 is 23.7 Å². The van der Waals surface area contributed by atoms with Crippen molar-refractivity contribution in [2.24, 2.45) is 11.3 Å². The number of halogens is 2. The van der Waals surface area contributed by atoms with Crippen LogP contribution in [0.15, 0.2) is 54.6 Å². The number of hydrogen-bond donors (Lipinski definition) is 1. The van der Waals surface area contributed by atoms with Crippen LogP contribution in [0.4, 0.5) is 0 Å². The molecule has 1 heterocycles. The fourth-order valence-corrected chi connectivity index (χ4v) is 7.77. The van der Waals surface area contributed by atoms with E-state index < -0.39 is 0 Å². The lowest BCUT2D eigenvalue weighted by molar-refractivity contribution is -0.138. The van der Waals surface area contributed by atoms with Crippen LogP contribution in [0.5, 0.6) is 17.2 Å². The SMILES string of the molecule is COCCCc1cc(CN(C(=O)C2CNCCC2c2ccc(OCCOc3c(Cl)cc(C)cc3Cl)cc2)C2CC2)cc(OCC2(CC#N)CC2)c1. The van der Waals surface area contributed by atoms with Gasteiger partial charge in [-0.15, -0.1) is 0 Å². The minimum Gasteiger partial charge on any atom is -0.493 e. The summed E-state index contributed by atoms with van der Waals surface area (Å²) in [6, 6.07) is 20.8. The van der Waals surface area contributed by atoms with Crippen molar-refractivity contribution in [1.82, 2.24) is 10.2 Å². The summed E-state index contributed by atoms with van der Waals surface area (Å²) in [4.78, 5) is 16.6. The Morgan fingerprint density at radius 1 is 0.941 bits per heavy atom. The molecular weight excluding hydrogens is 685 g/mol. The molecule has 2 atom stereocenters. The minimum absolute atomic E-state index is 0.00991. The molecule has 1 N–H and O–H groups in total. The average molecular weight is 735 g/mol. The molecular formula is C41H49Cl2N3O5. The van der Waals surface area contributed by atoms with Gasteiger partial charge in [0.15, 0.2) is 5.75 Å². The molecule has 3 aromatic rings. The molecule has 3 aromatic carbocycles. The topological polar surface area (TPSA) is 93.1 Å². The lowest BCUT2D eigenvalue weighted by Gasteiger charge is -2.36. The minimum atomic E-state index is -0.162. The number of benzene rings is 3. The Bertz CT molecular complexity index is 1660. The normalized spacial score (nSPS) is 19.2. The number of amides is 1. The number of methoxy groups -OCH3 is 1. The van der Waals surface area contributed by atoms with Crippen molar-refractivity contribution in [3.8, 4) is 23.3 Å². The van der Waals surface area contributed by atoms with Crippen LogP contribution in [0.2, 0.25) is 10.0 Å². The van der Waals surface area contributed by atoms with E-state index in [-0.39, 0.29) is 29.2 Å². The van der Waals surface area contributed by atoms with Gasteiger partial charge in [-0.25, -0.2) is 0 Å². The van der Waals surface area contributed by atoms with E-state index in [1.54, 1.807) is 7.11 Å². The first-order valence-electron chi connectivity index (χ1n) is 18.2. The molecule has 6 rings (SSSR count). The molecule has 2 saturated carbocycles. The fraction of sp³-hybridized carbons (Fsp3) is 0.512. The van der Waals surface area contributed by atoms with Gasteiger partial charge in [-0.05, 0) is 123 Å². The van der Waals surface area contributed by atoms with Crippen molar-refractivity contribution >= 4 is 29.1 Å². The third kappa shape index (κ3) is 10.1. The molecule has 1 amide bonds. The summed E-state index contributed by atoms with van der Waals surface area (Å²) < 4.78 is 23.4. The molecule has 51 heavy (non-hydrogen) atoms. The Morgan fingerprint density at radius 2 is 1.67 bits per heavy atom. The Labute approximate surface area is 312 Å². The van der Waals surface area contributed by atoms with Crippen LogP contribution < -0.4 is 19.5 Å². The van der Waals surface area contributed by atoms with E-state index in [0.29, 0.717) is 61.7 Å². The van der Waals surface area contributed by atoms with Gasteiger partial charge in [-0.1, -0.05) is 41.4 Å².